The molecule has 1 atom stereocenters. The Morgan fingerprint density at radius 2 is 2.19 bits per heavy atom. The molecule has 0 aliphatic rings. The quantitative estimate of drug-likeness (QED) is 0.575. The van der Waals surface area contributed by atoms with E-state index in [0.29, 0.717) is 5.01 Å². The van der Waals surface area contributed by atoms with Crippen LogP contribution in [-0.2, 0) is 16.4 Å². The van der Waals surface area contributed by atoms with Crippen LogP contribution < -0.4 is 10.5 Å². The highest BCUT2D eigenvalue weighted by molar-refractivity contribution is 7.89. The van der Waals surface area contributed by atoms with Crippen LogP contribution >= 0.6 is 11.3 Å². The smallest absolute Gasteiger partial charge is 0.241 e. The Bertz CT molecular complexity index is 741. The van der Waals surface area contributed by atoms with Gasteiger partial charge in [-0.05, 0) is 31.5 Å². The Labute approximate surface area is 127 Å². The fraction of sp³-hybridized carbons (Fsp3) is 0.308. The number of aromatic hydroxyl groups is 1. The number of nitrogen functional groups attached to an aromatic ring is 1. The molecule has 1 aromatic carbocycles. The van der Waals surface area contributed by atoms with Gasteiger partial charge in [0.25, 0.3) is 0 Å². The molecular weight excluding hydrogens is 310 g/mol. The van der Waals surface area contributed by atoms with Crippen molar-refractivity contribution in [3.63, 3.8) is 0 Å². The fourth-order valence-electron chi connectivity index (χ4n) is 1.74. The molecule has 0 radical (unpaired) electrons. The number of rotatable bonds is 5. The van der Waals surface area contributed by atoms with Crippen LogP contribution in [0.3, 0.4) is 0 Å². The number of hydrogen-bond acceptors (Lipinski definition) is 6. The molecule has 114 valence electrons. The molecule has 0 aliphatic carbocycles. The first-order chi connectivity index (χ1) is 9.83. The number of phenolic OH excluding ortho intramolecular Hbond substituents is 1. The summed E-state index contributed by atoms with van der Waals surface area (Å²) in [6.45, 7) is 3.75. The Balaban J connectivity index is 2.22. The minimum absolute atomic E-state index is 0.0110. The molecule has 1 aromatic heterocycles. The summed E-state index contributed by atoms with van der Waals surface area (Å²) in [6.07, 6.45) is 2.62. The molecule has 0 saturated heterocycles. The number of aryl methyl sites for hydroxylation is 1. The predicted molar refractivity (Wildman–Crippen MR) is 82.7 cm³/mol. The lowest BCUT2D eigenvalue weighted by atomic mass is 10.3. The molecule has 2 aromatic rings. The SMILES string of the molecule is CCc1cnc(C(C)NS(=O)(=O)c2ccc(O)c(N)c2)s1. The summed E-state index contributed by atoms with van der Waals surface area (Å²) in [4.78, 5) is 5.34. The second-order valence-corrected chi connectivity index (χ2v) is 7.44. The third-order valence-electron chi connectivity index (χ3n) is 2.93. The van der Waals surface area contributed by atoms with Crippen LogP contribution in [0.2, 0.25) is 0 Å². The highest BCUT2D eigenvalue weighted by Crippen LogP contribution is 2.25. The Morgan fingerprint density at radius 3 is 2.76 bits per heavy atom. The molecule has 0 aliphatic heterocycles. The van der Waals surface area contributed by atoms with Gasteiger partial charge in [-0.25, -0.2) is 18.1 Å². The van der Waals surface area contributed by atoms with Crippen LogP contribution in [0.25, 0.3) is 0 Å². The van der Waals surface area contributed by atoms with Crippen LogP contribution in [0.4, 0.5) is 5.69 Å². The van der Waals surface area contributed by atoms with Gasteiger partial charge in [-0.1, -0.05) is 6.92 Å². The molecule has 1 heterocycles. The van der Waals surface area contributed by atoms with Crippen molar-refractivity contribution in [1.29, 1.82) is 0 Å². The Hall–Kier alpha value is -1.64. The Kier molecular flexibility index (Phi) is 4.50. The number of nitrogens with one attached hydrogen (secondary N) is 1. The number of phenols is 1. The second kappa shape index (κ2) is 6.00. The topological polar surface area (TPSA) is 105 Å². The van der Waals surface area contributed by atoms with Crippen molar-refractivity contribution >= 4 is 27.0 Å². The first-order valence-electron chi connectivity index (χ1n) is 6.39. The number of thiazole rings is 1. The second-order valence-electron chi connectivity index (χ2n) is 4.58. The molecule has 8 heteroatoms. The summed E-state index contributed by atoms with van der Waals surface area (Å²) < 4.78 is 27.1. The van der Waals surface area contributed by atoms with E-state index in [0.717, 1.165) is 11.3 Å². The monoisotopic (exact) mass is 327 g/mol. The van der Waals surface area contributed by atoms with E-state index < -0.39 is 16.1 Å². The van der Waals surface area contributed by atoms with Gasteiger partial charge in [0.1, 0.15) is 10.8 Å². The van der Waals surface area contributed by atoms with Crippen LogP contribution in [0.15, 0.2) is 29.3 Å². The molecule has 21 heavy (non-hydrogen) atoms. The zero-order valence-electron chi connectivity index (χ0n) is 11.7. The number of nitrogens with zero attached hydrogens (tertiary/aromatic N) is 1. The van der Waals surface area contributed by atoms with E-state index in [1.807, 2.05) is 6.92 Å². The van der Waals surface area contributed by atoms with Gasteiger partial charge in [-0.3, -0.25) is 0 Å². The molecule has 2 rings (SSSR count). The van der Waals surface area contributed by atoms with E-state index in [9.17, 15) is 13.5 Å². The van der Waals surface area contributed by atoms with Crippen molar-refractivity contribution in [2.75, 3.05) is 5.73 Å². The lowest BCUT2D eigenvalue weighted by molar-refractivity contribution is 0.477. The first-order valence-corrected chi connectivity index (χ1v) is 8.69. The molecule has 6 nitrogen and oxygen atoms in total. The summed E-state index contributed by atoms with van der Waals surface area (Å²) in [5.41, 5.74) is 5.55. The molecule has 0 bridgehead atoms. The number of hydrogen-bond donors (Lipinski definition) is 3. The standard InChI is InChI=1S/C13H17N3O3S2/c1-3-9-7-15-13(20-9)8(2)16-21(18,19)10-4-5-12(17)11(14)6-10/h4-8,16-17H,3,14H2,1-2H3. The molecule has 0 amide bonds. The van der Waals surface area contributed by atoms with Gasteiger partial charge in [-0.2, -0.15) is 0 Å². The van der Waals surface area contributed by atoms with E-state index >= 15 is 0 Å². The maximum atomic E-state index is 12.3. The molecule has 1 unspecified atom stereocenters. The van der Waals surface area contributed by atoms with Crippen LogP contribution in [0.5, 0.6) is 5.75 Å². The minimum atomic E-state index is -3.72. The summed E-state index contributed by atoms with van der Waals surface area (Å²) in [7, 11) is -3.72. The largest absolute Gasteiger partial charge is 0.506 e. The van der Waals surface area contributed by atoms with Gasteiger partial charge in [0.05, 0.1) is 16.6 Å². The molecule has 4 N–H and O–H groups in total. The predicted octanol–water partition coefficient (Wildman–Crippen LogP) is 2.03. The van der Waals surface area contributed by atoms with E-state index in [1.54, 1.807) is 13.1 Å². The third kappa shape index (κ3) is 3.52. The highest BCUT2D eigenvalue weighted by Gasteiger charge is 2.21. The maximum absolute atomic E-state index is 12.3. The molecule has 0 fully saturated rings. The molecule has 0 saturated carbocycles. The van der Waals surface area contributed by atoms with Crippen molar-refractivity contribution < 1.29 is 13.5 Å². The summed E-state index contributed by atoms with van der Waals surface area (Å²) in [5, 5.41) is 10.1. The number of nitrogens with two attached hydrogens (primary N) is 1. The van der Waals surface area contributed by atoms with Crippen molar-refractivity contribution in [3.05, 3.63) is 34.3 Å². The van der Waals surface area contributed by atoms with E-state index in [4.69, 9.17) is 5.73 Å². The van der Waals surface area contributed by atoms with Crippen molar-refractivity contribution in [3.8, 4) is 5.75 Å². The normalized spacial score (nSPS) is 13.2. The number of aromatic nitrogens is 1. The number of benzene rings is 1. The van der Waals surface area contributed by atoms with Gasteiger partial charge in [0.15, 0.2) is 0 Å². The lowest BCUT2D eigenvalue weighted by Crippen LogP contribution is -2.26. The number of anilines is 1. The van der Waals surface area contributed by atoms with Gasteiger partial charge >= 0.3 is 0 Å². The van der Waals surface area contributed by atoms with E-state index in [1.165, 1.54) is 29.5 Å². The lowest BCUT2D eigenvalue weighted by Gasteiger charge is -2.12. The maximum Gasteiger partial charge on any atom is 0.241 e. The Morgan fingerprint density at radius 1 is 1.48 bits per heavy atom. The zero-order chi connectivity index (χ0) is 15.6. The van der Waals surface area contributed by atoms with Gasteiger partial charge in [0, 0.05) is 11.1 Å². The first kappa shape index (κ1) is 15.7. The minimum Gasteiger partial charge on any atom is -0.506 e. The average Bonchev–Trinajstić information content (AvgIpc) is 2.90. The van der Waals surface area contributed by atoms with Gasteiger partial charge in [-0.15, -0.1) is 11.3 Å². The summed E-state index contributed by atoms with van der Waals surface area (Å²) in [6, 6.07) is 3.35. The highest BCUT2D eigenvalue weighted by atomic mass is 32.2. The van der Waals surface area contributed by atoms with Crippen LogP contribution in [-0.4, -0.2) is 18.5 Å². The average molecular weight is 327 g/mol. The van der Waals surface area contributed by atoms with E-state index in [2.05, 4.69) is 9.71 Å². The molecule has 0 spiro atoms. The van der Waals surface area contributed by atoms with Crippen molar-refractivity contribution in [2.24, 2.45) is 0 Å². The number of sulfonamides is 1. The van der Waals surface area contributed by atoms with Gasteiger partial charge in [0.2, 0.25) is 10.0 Å². The zero-order valence-corrected chi connectivity index (χ0v) is 13.3. The van der Waals surface area contributed by atoms with Crippen LogP contribution in [0.1, 0.15) is 29.8 Å². The summed E-state index contributed by atoms with van der Waals surface area (Å²) >= 11 is 1.48. The van der Waals surface area contributed by atoms with Crippen molar-refractivity contribution in [2.45, 2.75) is 31.2 Å². The van der Waals surface area contributed by atoms with Gasteiger partial charge < -0.3 is 10.8 Å². The molecular formula is C13H17N3O3S2. The third-order valence-corrected chi connectivity index (χ3v) is 5.79. The van der Waals surface area contributed by atoms with E-state index in [-0.39, 0.29) is 16.3 Å². The van der Waals surface area contributed by atoms with Crippen molar-refractivity contribution in [1.82, 2.24) is 9.71 Å². The van der Waals surface area contributed by atoms with Crippen LogP contribution in [0, 0.1) is 0 Å². The fourth-order valence-corrected chi connectivity index (χ4v) is 3.91. The summed E-state index contributed by atoms with van der Waals surface area (Å²) in [5.74, 6) is -0.144.